The third-order valence-corrected chi connectivity index (χ3v) is 5.58. The lowest BCUT2D eigenvalue weighted by Gasteiger charge is -2.48. The average molecular weight is 357 g/mol. The van der Waals surface area contributed by atoms with Crippen LogP contribution < -0.4 is 5.32 Å². The van der Waals surface area contributed by atoms with Crippen molar-refractivity contribution >= 4 is 11.8 Å². The lowest BCUT2D eigenvalue weighted by Crippen LogP contribution is -2.59. The monoisotopic (exact) mass is 357 g/mol. The van der Waals surface area contributed by atoms with E-state index in [9.17, 15) is 9.59 Å². The quantitative estimate of drug-likeness (QED) is 0.848. The number of benzene rings is 1. The molecule has 1 aromatic carbocycles. The van der Waals surface area contributed by atoms with E-state index >= 15 is 0 Å². The van der Waals surface area contributed by atoms with E-state index in [1.54, 1.807) is 0 Å². The summed E-state index contributed by atoms with van der Waals surface area (Å²) in [5.74, 6) is 0.372. The molecular weight excluding hydrogens is 326 g/mol. The Labute approximate surface area is 156 Å². The number of hydrogen-bond acceptors (Lipinski definition) is 3. The Bertz CT molecular complexity index is 638. The number of likely N-dealkylation sites (N-methyl/N-ethyl adjacent to an activating group) is 1. The zero-order valence-corrected chi connectivity index (χ0v) is 16.2. The van der Waals surface area contributed by atoms with Crippen molar-refractivity contribution in [1.82, 2.24) is 15.1 Å². The van der Waals surface area contributed by atoms with Crippen LogP contribution in [0.15, 0.2) is 30.3 Å². The SMILES string of the molecule is CC(C)NC(=O)C1CC2(CN(C(=O)CCCc3ccccc3)C2)CN1C. The van der Waals surface area contributed by atoms with Gasteiger partial charge in [0.15, 0.2) is 0 Å². The maximum absolute atomic E-state index is 12.4. The van der Waals surface area contributed by atoms with E-state index in [-0.39, 0.29) is 29.3 Å². The van der Waals surface area contributed by atoms with Gasteiger partial charge in [-0.15, -0.1) is 0 Å². The minimum absolute atomic E-state index is 0.0623. The molecule has 2 amide bonds. The molecule has 1 unspecified atom stereocenters. The van der Waals surface area contributed by atoms with Gasteiger partial charge in [0, 0.05) is 37.5 Å². The van der Waals surface area contributed by atoms with Crippen LogP contribution in [0.3, 0.4) is 0 Å². The predicted octanol–water partition coefficient (Wildman–Crippen LogP) is 2.07. The summed E-state index contributed by atoms with van der Waals surface area (Å²) in [6.45, 7) is 6.47. The van der Waals surface area contributed by atoms with Crippen LogP contribution >= 0.6 is 0 Å². The average Bonchev–Trinajstić information content (AvgIpc) is 2.92. The fourth-order valence-electron chi connectivity index (χ4n) is 4.36. The van der Waals surface area contributed by atoms with Crippen molar-refractivity contribution in [1.29, 1.82) is 0 Å². The highest BCUT2D eigenvalue weighted by molar-refractivity contribution is 5.83. The van der Waals surface area contributed by atoms with E-state index in [2.05, 4.69) is 22.3 Å². The third kappa shape index (κ3) is 4.26. The van der Waals surface area contributed by atoms with E-state index < -0.39 is 0 Å². The number of aryl methyl sites for hydroxylation is 1. The van der Waals surface area contributed by atoms with Gasteiger partial charge in [-0.05, 0) is 45.7 Å². The van der Waals surface area contributed by atoms with E-state index in [0.717, 1.165) is 38.9 Å². The Morgan fingerprint density at radius 3 is 2.54 bits per heavy atom. The van der Waals surface area contributed by atoms with Crippen LogP contribution in [0, 0.1) is 5.41 Å². The molecule has 2 aliphatic heterocycles. The number of nitrogens with one attached hydrogen (secondary N) is 1. The highest BCUT2D eigenvalue weighted by atomic mass is 16.2. The maximum atomic E-state index is 12.4. The molecule has 0 bridgehead atoms. The number of rotatable bonds is 6. The highest BCUT2D eigenvalue weighted by Crippen LogP contribution is 2.42. The van der Waals surface area contributed by atoms with Crippen LogP contribution in [-0.2, 0) is 16.0 Å². The van der Waals surface area contributed by atoms with Gasteiger partial charge in [0.2, 0.25) is 11.8 Å². The van der Waals surface area contributed by atoms with Crippen molar-refractivity contribution in [2.75, 3.05) is 26.7 Å². The predicted molar refractivity (Wildman–Crippen MR) is 103 cm³/mol. The van der Waals surface area contributed by atoms with E-state index in [0.29, 0.717) is 6.42 Å². The molecule has 3 rings (SSSR count). The van der Waals surface area contributed by atoms with Crippen molar-refractivity contribution in [2.45, 2.75) is 51.6 Å². The molecule has 0 saturated carbocycles. The van der Waals surface area contributed by atoms with Gasteiger partial charge >= 0.3 is 0 Å². The van der Waals surface area contributed by atoms with Crippen molar-refractivity contribution < 1.29 is 9.59 Å². The molecular formula is C21H31N3O2. The highest BCUT2D eigenvalue weighted by Gasteiger charge is 2.53. The molecule has 2 fully saturated rings. The second kappa shape index (κ2) is 7.78. The standard InChI is InChI=1S/C21H31N3O2/c1-16(2)22-20(26)18-12-21(13-23(18)3)14-24(15-21)19(25)11-7-10-17-8-5-4-6-9-17/h4-6,8-9,16,18H,7,10-15H2,1-3H3,(H,22,26). The molecule has 1 N–H and O–H groups in total. The number of carbonyl (C=O) groups excluding carboxylic acids is 2. The summed E-state index contributed by atoms with van der Waals surface area (Å²) >= 11 is 0. The molecule has 2 heterocycles. The summed E-state index contributed by atoms with van der Waals surface area (Å²) in [5, 5.41) is 3.02. The molecule has 5 heteroatoms. The molecule has 0 aliphatic carbocycles. The summed E-state index contributed by atoms with van der Waals surface area (Å²) in [7, 11) is 2.02. The molecule has 2 saturated heterocycles. The summed E-state index contributed by atoms with van der Waals surface area (Å²) in [6.07, 6.45) is 3.31. The van der Waals surface area contributed by atoms with Crippen LogP contribution in [-0.4, -0.2) is 60.4 Å². The van der Waals surface area contributed by atoms with Crippen molar-refractivity contribution in [3.63, 3.8) is 0 Å². The Hall–Kier alpha value is -1.88. The van der Waals surface area contributed by atoms with Crippen molar-refractivity contribution in [3.8, 4) is 0 Å². The van der Waals surface area contributed by atoms with Crippen molar-refractivity contribution in [3.05, 3.63) is 35.9 Å². The van der Waals surface area contributed by atoms with Gasteiger partial charge in [-0.3, -0.25) is 14.5 Å². The van der Waals surface area contributed by atoms with Crippen LogP contribution in [0.5, 0.6) is 0 Å². The first-order valence-corrected chi connectivity index (χ1v) is 9.71. The number of carbonyl (C=O) groups is 2. The normalized spacial score (nSPS) is 21.8. The first-order chi connectivity index (χ1) is 12.4. The zero-order chi connectivity index (χ0) is 18.7. The lowest BCUT2D eigenvalue weighted by atomic mass is 9.77. The smallest absolute Gasteiger partial charge is 0.237 e. The van der Waals surface area contributed by atoms with Gasteiger partial charge in [-0.25, -0.2) is 0 Å². The van der Waals surface area contributed by atoms with Gasteiger partial charge < -0.3 is 10.2 Å². The van der Waals surface area contributed by atoms with Gasteiger partial charge in [-0.2, -0.15) is 0 Å². The fraction of sp³-hybridized carbons (Fsp3) is 0.619. The number of likely N-dealkylation sites (tertiary alicyclic amines) is 2. The molecule has 2 aliphatic rings. The molecule has 0 radical (unpaired) electrons. The maximum Gasteiger partial charge on any atom is 0.237 e. The minimum Gasteiger partial charge on any atom is -0.353 e. The first-order valence-electron chi connectivity index (χ1n) is 9.71. The lowest BCUT2D eigenvalue weighted by molar-refractivity contribution is -0.142. The molecule has 1 atom stereocenters. The molecule has 26 heavy (non-hydrogen) atoms. The summed E-state index contributed by atoms with van der Waals surface area (Å²) in [4.78, 5) is 28.9. The second-order valence-electron chi connectivity index (χ2n) is 8.39. The van der Waals surface area contributed by atoms with Crippen LogP contribution in [0.4, 0.5) is 0 Å². The van der Waals surface area contributed by atoms with Gasteiger partial charge in [0.05, 0.1) is 6.04 Å². The molecule has 5 nitrogen and oxygen atoms in total. The Morgan fingerprint density at radius 1 is 1.19 bits per heavy atom. The van der Waals surface area contributed by atoms with Crippen LogP contribution in [0.25, 0.3) is 0 Å². The van der Waals surface area contributed by atoms with Gasteiger partial charge in [-0.1, -0.05) is 30.3 Å². The zero-order valence-electron chi connectivity index (χ0n) is 16.2. The minimum atomic E-state index is -0.0623. The Morgan fingerprint density at radius 2 is 1.88 bits per heavy atom. The van der Waals surface area contributed by atoms with Crippen LogP contribution in [0.2, 0.25) is 0 Å². The summed E-state index contributed by atoms with van der Waals surface area (Å²) < 4.78 is 0. The number of nitrogens with zero attached hydrogens (tertiary/aromatic N) is 2. The van der Waals surface area contributed by atoms with E-state index in [4.69, 9.17) is 0 Å². The third-order valence-electron chi connectivity index (χ3n) is 5.58. The molecule has 142 valence electrons. The first kappa shape index (κ1) is 18.9. The fourth-order valence-corrected chi connectivity index (χ4v) is 4.36. The molecule has 1 spiro atoms. The number of amides is 2. The Balaban J connectivity index is 1.43. The Kier molecular flexibility index (Phi) is 5.66. The summed E-state index contributed by atoms with van der Waals surface area (Å²) in [6, 6.07) is 10.4. The molecule has 0 aromatic heterocycles. The number of hydrogen-bond donors (Lipinski definition) is 1. The van der Waals surface area contributed by atoms with Crippen LogP contribution in [0.1, 0.15) is 38.7 Å². The summed E-state index contributed by atoms with van der Waals surface area (Å²) in [5.41, 5.74) is 1.40. The van der Waals surface area contributed by atoms with Gasteiger partial charge in [0.1, 0.15) is 0 Å². The van der Waals surface area contributed by atoms with Gasteiger partial charge in [0.25, 0.3) is 0 Å². The van der Waals surface area contributed by atoms with E-state index in [1.165, 1.54) is 5.56 Å². The second-order valence-corrected chi connectivity index (χ2v) is 8.39. The van der Waals surface area contributed by atoms with Crippen molar-refractivity contribution in [2.24, 2.45) is 5.41 Å². The largest absolute Gasteiger partial charge is 0.353 e. The van der Waals surface area contributed by atoms with E-state index in [1.807, 2.05) is 44.0 Å². The molecule has 1 aromatic rings. The topological polar surface area (TPSA) is 52.7 Å².